The fourth-order valence-corrected chi connectivity index (χ4v) is 1.80. The van der Waals surface area contributed by atoms with Crippen molar-refractivity contribution >= 4 is 23.0 Å². The maximum atomic E-state index is 12.0. The summed E-state index contributed by atoms with van der Waals surface area (Å²) in [5.74, 6) is -1.65. The molecule has 0 unspecified atom stereocenters. The number of ether oxygens (including phenoxy) is 1. The van der Waals surface area contributed by atoms with Crippen LogP contribution in [-0.4, -0.2) is 20.7 Å². The van der Waals surface area contributed by atoms with Crippen LogP contribution in [0.25, 0.3) is 0 Å². The Balaban J connectivity index is 2.35. The molecule has 0 atom stereocenters. The number of nitrogens with zero attached hydrogens (tertiary/aromatic N) is 3. The second-order valence-electron chi connectivity index (χ2n) is 4.33. The summed E-state index contributed by atoms with van der Waals surface area (Å²) in [6.07, 6.45) is 0. The van der Waals surface area contributed by atoms with E-state index in [-0.39, 0.29) is 11.3 Å². The minimum Gasteiger partial charge on any atom is -0.415 e. The van der Waals surface area contributed by atoms with Gasteiger partial charge in [-0.15, -0.1) is 0 Å². The number of carbonyl (C=O) groups is 1. The molecule has 0 saturated carbocycles. The Morgan fingerprint density at radius 3 is 1.96 bits per heavy atom. The Hall–Kier alpha value is -3.89. The van der Waals surface area contributed by atoms with Gasteiger partial charge >= 0.3 is 17.3 Å². The third-order valence-corrected chi connectivity index (χ3v) is 2.87. The topological polar surface area (TPSA) is 156 Å². The number of rotatable bonds is 5. The van der Waals surface area contributed by atoms with Gasteiger partial charge < -0.3 is 4.74 Å². The summed E-state index contributed by atoms with van der Waals surface area (Å²) in [6.45, 7) is 0. The number of hydrogen-bond donors (Lipinski definition) is 0. The summed E-state index contributed by atoms with van der Waals surface area (Å²) < 4.78 is 4.83. The van der Waals surface area contributed by atoms with Crippen molar-refractivity contribution in [2.24, 2.45) is 0 Å². The molecule has 2 aromatic rings. The van der Waals surface area contributed by atoms with Crippen LogP contribution >= 0.6 is 0 Å². The zero-order chi connectivity index (χ0) is 17.9. The first-order chi connectivity index (χ1) is 11.3. The van der Waals surface area contributed by atoms with Gasteiger partial charge in [-0.3, -0.25) is 30.3 Å². The van der Waals surface area contributed by atoms with Crippen molar-refractivity contribution in [1.82, 2.24) is 0 Å². The Kier molecular flexibility index (Phi) is 4.45. The molecule has 0 heterocycles. The molecule has 0 saturated heterocycles. The molecule has 0 fully saturated rings. The van der Waals surface area contributed by atoms with Crippen LogP contribution in [-0.2, 0) is 0 Å². The van der Waals surface area contributed by atoms with Crippen molar-refractivity contribution in [2.45, 2.75) is 0 Å². The lowest BCUT2D eigenvalue weighted by Gasteiger charge is -2.05. The number of para-hydroxylation sites is 1. The summed E-state index contributed by atoms with van der Waals surface area (Å²) >= 11 is 0. The molecule has 0 amide bonds. The quantitative estimate of drug-likeness (QED) is 0.350. The second kappa shape index (κ2) is 6.48. The summed E-state index contributed by atoms with van der Waals surface area (Å²) in [5, 5.41) is 32.4. The number of carbonyl (C=O) groups excluding carboxylic acids is 1. The zero-order valence-corrected chi connectivity index (χ0v) is 11.6. The number of esters is 1. The number of nitro benzene ring substituents is 3. The van der Waals surface area contributed by atoms with E-state index >= 15 is 0 Å². The standard InChI is InChI=1S/C13H7N3O8/c17-13(8-4-6-9(7-5-8)14(18)19)24-11-3-1-2-10(15(20)21)12(11)16(22)23/h1-7H. The van der Waals surface area contributed by atoms with Crippen LogP contribution in [0, 0.1) is 30.3 Å². The van der Waals surface area contributed by atoms with E-state index in [1.807, 2.05) is 0 Å². The highest BCUT2D eigenvalue weighted by Gasteiger charge is 2.30. The molecule has 24 heavy (non-hydrogen) atoms. The Labute approximate surface area is 132 Å². The molecule has 2 rings (SSSR count). The predicted octanol–water partition coefficient (Wildman–Crippen LogP) is 2.63. The number of non-ortho nitro benzene ring substituents is 1. The van der Waals surface area contributed by atoms with Crippen molar-refractivity contribution in [3.63, 3.8) is 0 Å². The van der Waals surface area contributed by atoms with Gasteiger partial charge in [0.1, 0.15) is 0 Å². The van der Waals surface area contributed by atoms with Crippen LogP contribution in [0.2, 0.25) is 0 Å². The molecule has 0 aromatic heterocycles. The van der Waals surface area contributed by atoms with Crippen LogP contribution < -0.4 is 4.74 Å². The summed E-state index contributed by atoms with van der Waals surface area (Å²) in [6, 6.07) is 7.38. The van der Waals surface area contributed by atoms with E-state index in [1.165, 1.54) is 0 Å². The Bertz CT molecular complexity index is 847. The maximum Gasteiger partial charge on any atom is 0.388 e. The number of nitro groups is 3. The van der Waals surface area contributed by atoms with Gasteiger partial charge in [0.15, 0.2) is 0 Å². The van der Waals surface area contributed by atoms with Crippen LogP contribution in [0.15, 0.2) is 42.5 Å². The molecule has 0 N–H and O–H groups in total. The van der Waals surface area contributed by atoms with Gasteiger partial charge in [0.2, 0.25) is 5.75 Å². The van der Waals surface area contributed by atoms with E-state index in [1.54, 1.807) is 0 Å². The third-order valence-electron chi connectivity index (χ3n) is 2.87. The normalized spacial score (nSPS) is 10.0. The van der Waals surface area contributed by atoms with Crippen LogP contribution in [0.4, 0.5) is 17.1 Å². The van der Waals surface area contributed by atoms with Gasteiger partial charge in [-0.1, -0.05) is 6.07 Å². The van der Waals surface area contributed by atoms with Gasteiger partial charge in [-0.25, -0.2) is 4.79 Å². The molecule has 0 spiro atoms. The average Bonchev–Trinajstić information content (AvgIpc) is 2.54. The summed E-state index contributed by atoms with van der Waals surface area (Å²) in [5.41, 5.74) is -2.15. The van der Waals surface area contributed by atoms with Gasteiger partial charge in [0, 0.05) is 18.2 Å². The molecule has 0 aliphatic heterocycles. The first-order valence-corrected chi connectivity index (χ1v) is 6.19. The lowest BCUT2D eigenvalue weighted by molar-refractivity contribution is -0.422. The Morgan fingerprint density at radius 1 is 0.833 bits per heavy atom. The number of benzene rings is 2. The minimum atomic E-state index is -1.05. The van der Waals surface area contributed by atoms with E-state index in [0.717, 1.165) is 42.5 Å². The van der Waals surface area contributed by atoms with Gasteiger partial charge in [0.25, 0.3) is 5.69 Å². The van der Waals surface area contributed by atoms with Crippen LogP contribution in [0.3, 0.4) is 0 Å². The van der Waals surface area contributed by atoms with E-state index in [2.05, 4.69) is 0 Å². The molecule has 2 aromatic carbocycles. The van der Waals surface area contributed by atoms with Gasteiger partial charge in [-0.05, 0) is 18.2 Å². The first-order valence-electron chi connectivity index (χ1n) is 6.19. The van der Waals surface area contributed by atoms with Crippen molar-refractivity contribution < 1.29 is 24.3 Å². The molecular formula is C13H7N3O8. The van der Waals surface area contributed by atoms with Crippen molar-refractivity contribution in [1.29, 1.82) is 0 Å². The van der Waals surface area contributed by atoms with Gasteiger partial charge in [-0.2, -0.15) is 0 Å². The largest absolute Gasteiger partial charge is 0.415 e. The van der Waals surface area contributed by atoms with E-state index in [0.29, 0.717) is 0 Å². The lowest BCUT2D eigenvalue weighted by Crippen LogP contribution is -2.10. The Morgan fingerprint density at radius 2 is 1.46 bits per heavy atom. The van der Waals surface area contributed by atoms with Crippen molar-refractivity contribution in [3.8, 4) is 5.75 Å². The lowest BCUT2D eigenvalue weighted by atomic mass is 10.2. The molecule has 0 bridgehead atoms. The smallest absolute Gasteiger partial charge is 0.388 e. The fraction of sp³-hybridized carbons (Fsp3) is 0. The monoisotopic (exact) mass is 333 g/mol. The second-order valence-corrected chi connectivity index (χ2v) is 4.33. The third kappa shape index (κ3) is 3.30. The minimum absolute atomic E-state index is 0.110. The molecule has 0 aliphatic carbocycles. The van der Waals surface area contributed by atoms with Crippen molar-refractivity contribution in [3.05, 3.63) is 78.4 Å². The molecule has 0 radical (unpaired) electrons. The van der Waals surface area contributed by atoms with E-state index < -0.39 is 37.9 Å². The van der Waals surface area contributed by atoms with E-state index in [4.69, 9.17) is 4.74 Å². The van der Waals surface area contributed by atoms with E-state index in [9.17, 15) is 35.1 Å². The van der Waals surface area contributed by atoms with Gasteiger partial charge in [0.05, 0.1) is 20.3 Å². The molecule has 11 nitrogen and oxygen atoms in total. The SMILES string of the molecule is O=C(Oc1cccc([N+](=O)[O-])c1[N+](=O)[O-])c1ccc([N+](=O)[O-])cc1. The molecule has 11 heteroatoms. The van der Waals surface area contributed by atoms with Crippen LogP contribution in [0.5, 0.6) is 5.75 Å². The molecule has 122 valence electrons. The highest BCUT2D eigenvalue weighted by molar-refractivity contribution is 5.92. The van der Waals surface area contributed by atoms with Crippen LogP contribution in [0.1, 0.15) is 10.4 Å². The summed E-state index contributed by atoms with van der Waals surface area (Å²) in [7, 11) is 0. The maximum absolute atomic E-state index is 12.0. The highest BCUT2D eigenvalue weighted by Crippen LogP contribution is 2.36. The first kappa shape index (κ1) is 16.5. The molecule has 0 aliphatic rings. The summed E-state index contributed by atoms with van der Waals surface area (Å²) in [4.78, 5) is 41.7. The van der Waals surface area contributed by atoms with Crippen molar-refractivity contribution in [2.75, 3.05) is 0 Å². The fourth-order valence-electron chi connectivity index (χ4n) is 1.80. The highest BCUT2D eigenvalue weighted by atomic mass is 16.6. The molecular weight excluding hydrogens is 326 g/mol. The number of hydrogen-bond acceptors (Lipinski definition) is 8. The zero-order valence-electron chi connectivity index (χ0n) is 11.6. The predicted molar refractivity (Wildman–Crippen MR) is 77.8 cm³/mol. The average molecular weight is 333 g/mol.